The topological polar surface area (TPSA) is 38.3 Å². The van der Waals surface area contributed by atoms with Gasteiger partial charge in [0.1, 0.15) is 0 Å². The summed E-state index contributed by atoms with van der Waals surface area (Å²) >= 11 is 3.30. The first-order valence-electron chi connectivity index (χ1n) is 7.24. The number of ether oxygens (including phenoxy) is 1. The van der Waals surface area contributed by atoms with Gasteiger partial charge in [-0.15, -0.1) is 22.7 Å². The molecule has 0 bridgehead atoms. The van der Waals surface area contributed by atoms with E-state index >= 15 is 0 Å². The summed E-state index contributed by atoms with van der Waals surface area (Å²) in [7, 11) is 1.63. The molecule has 0 radical (unpaired) electrons. The van der Waals surface area contributed by atoms with Crippen molar-refractivity contribution in [2.45, 2.75) is 12.6 Å². The molecule has 0 aliphatic carbocycles. The average molecular weight is 343 g/mol. The lowest BCUT2D eigenvalue weighted by Crippen LogP contribution is -2.29. The molecule has 0 fully saturated rings. The standard InChI is InChI=1S/C18H17NO2S2/c1-21-12-13-6-2-3-7-14(13)18(20)19-17(15-8-4-10-22-15)16-9-5-11-23-16/h2-11,17H,12H2,1H3,(H,19,20). The Bertz CT molecular complexity index is 717. The molecule has 118 valence electrons. The molecule has 2 heterocycles. The van der Waals surface area contributed by atoms with E-state index in [1.54, 1.807) is 29.8 Å². The van der Waals surface area contributed by atoms with Crippen LogP contribution in [0.2, 0.25) is 0 Å². The number of nitrogens with one attached hydrogen (secondary N) is 1. The number of rotatable bonds is 6. The fraction of sp³-hybridized carbons (Fsp3) is 0.167. The number of benzene rings is 1. The van der Waals surface area contributed by atoms with Crippen molar-refractivity contribution in [1.82, 2.24) is 5.32 Å². The van der Waals surface area contributed by atoms with Crippen LogP contribution in [0.15, 0.2) is 59.3 Å². The number of amides is 1. The Kier molecular flexibility index (Phi) is 5.23. The van der Waals surface area contributed by atoms with Gasteiger partial charge in [0.15, 0.2) is 0 Å². The molecule has 5 heteroatoms. The summed E-state index contributed by atoms with van der Waals surface area (Å²) in [5.74, 6) is -0.0792. The summed E-state index contributed by atoms with van der Waals surface area (Å²) in [6.07, 6.45) is 0. The lowest BCUT2D eigenvalue weighted by Gasteiger charge is -2.17. The quantitative estimate of drug-likeness (QED) is 0.717. The van der Waals surface area contributed by atoms with Crippen molar-refractivity contribution < 1.29 is 9.53 Å². The van der Waals surface area contributed by atoms with E-state index in [2.05, 4.69) is 17.4 Å². The van der Waals surface area contributed by atoms with E-state index in [-0.39, 0.29) is 11.9 Å². The smallest absolute Gasteiger partial charge is 0.252 e. The maximum atomic E-state index is 12.8. The fourth-order valence-corrected chi connectivity index (χ4v) is 4.09. The van der Waals surface area contributed by atoms with E-state index in [9.17, 15) is 4.79 Å². The molecular weight excluding hydrogens is 326 g/mol. The summed E-state index contributed by atoms with van der Waals surface area (Å²) in [5, 5.41) is 7.22. The molecule has 0 atom stereocenters. The van der Waals surface area contributed by atoms with Crippen molar-refractivity contribution in [1.29, 1.82) is 0 Å². The van der Waals surface area contributed by atoms with Crippen LogP contribution in [0.25, 0.3) is 0 Å². The molecule has 0 unspecified atom stereocenters. The Balaban J connectivity index is 1.88. The molecule has 3 rings (SSSR count). The maximum absolute atomic E-state index is 12.8. The first-order chi connectivity index (χ1) is 11.3. The molecule has 0 aliphatic rings. The van der Waals surface area contributed by atoms with Gasteiger partial charge in [-0.3, -0.25) is 4.79 Å². The Morgan fingerprint density at radius 3 is 2.26 bits per heavy atom. The van der Waals surface area contributed by atoms with E-state index in [0.717, 1.165) is 15.3 Å². The van der Waals surface area contributed by atoms with Crippen molar-refractivity contribution in [3.8, 4) is 0 Å². The van der Waals surface area contributed by atoms with Crippen LogP contribution >= 0.6 is 22.7 Å². The minimum absolute atomic E-state index is 0.0792. The van der Waals surface area contributed by atoms with Crippen LogP contribution in [0.1, 0.15) is 31.7 Å². The minimum Gasteiger partial charge on any atom is -0.380 e. The summed E-state index contributed by atoms with van der Waals surface area (Å²) in [4.78, 5) is 15.0. The van der Waals surface area contributed by atoms with Crippen molar-refractivity contribution in [2.75, 3.05) is 7.11 Å². The van der Waals surface area contributed by atoms with Gasteiger partial charge in [0, 0.05) is 22.4 Å². The summed E-state index contributed by atoms with van der Waals surface area (Å²) < 4.78 is 5.19. The fourth-order valence-electron chi connectivity index (χ4n) is 2.43. The lowest BCUT2D eigenvalue weighted by molar-refractivity contribution is 0.0939. The van der Waals surface area contributed by atoms with Crippen LogP contribution in [-0.4, -0.2) is 13.0 Å². The molecule has 0 saturated carbocycles. The first kappa shape index (κ1) is 15.9. The Hall–Kier alpha value is -1.95. The molecule has 2 aromatic heterocycles. The second-order valence-corrected chi connectivity index (χ2v) is 6.99. The number of hydrogen-bond donors (Lipinski definition) is 1. The second kappa shape index (κ2) is 7.55. The molecular formula is C18H17NO2S2. The molecule has 0 aliphatic heterocycles. The van der Waals surface area contributed by atoms with Crippen molar-refractivity contribution in [3.63, 3.8) is 0 Å². The molecule has 0 spiro atoms. The van der Waals surface area contributed by atoms with Crippen LogP contribution in [0.5, 0.6) is 0 Å². The van der Waals surface area contributed by atoms with Gasteiger partial charge >= 0.3 is 0 Å². The molecule has 3 nitrogen and oxygen atoms in total. The summed E-state index contributed by atoms with van der Waals surface area (Å²) in [6, 6.07) is 15.6. The van der Waals surface area contributed by atoms with Crippen LogP contribution in [0.3, 0.4) is 0 Å². The van der Waals surface area contributed by atoms with E-state index in [0.29, 0.717) is 12.2 Å². The highest BCUT2D eigenvalue weighted by molar-refractivity contribution is 7.11. The first-order valence-corrected chi connectivity index (χ1v) is 9.00. The molecule has 23 heavy (non-hydrogen) atoms. The highest BCUT2D eigenvalue weighted by Gasteiger charge is 2.20. The number of thiophene rings is 2. The summed E-state index contributed by atoms with van der Waals surface area (Å²) in [5.41, 5.74) is 1.55. The van der Waals surface area contributed by atoms with Crippen molar-refractivity contribution in [3.05, 3.63) is 80.2 Å². The zero-order valence-corrected chi connectivity index (χ0v) is 14.3. The van der Waals surface area contributed by atoms with Crippen LogP contribution < -0.4 is 5.32 Å². The normalized spacial score (nSPS) is 10.9. The monoisotopic (exact) mass is 343 g/mol. The number of carbonyl (C=O) groups is 1. The largest absolute Gasteiger partial charge is 0.380 e. The van der Waals surface area contributed by atoms with Gasteiger partial charge in [0.25, 0.3) is 5.91 Å². The lowest BCUT2D eigenvalue weighted by atomic mass is 10.1. The predicted molar refractivity (Wildman–Crippen MR) is 95.1 cm³/mol. The Labute approximate surface area is 143 Å². The third kappa shape index (κ3) is 3.69. The number of hydrogen-bond acceptors (Lipinski definition) is 4. The second-order valence-electron chi connectivity index (χ2n) is 5.03. The van der Waals surface area contributed by atoms with Crippen LogP contribution in [0, 0.1) is 0 Å². The molecule has 1 amide bonds. The highest BCUT2D eigenvalue weighted by atomic mass is 32.1. The average Bonchev–Trinajstić information content (AvgIpc) is 3.27. The third-order valence-corrected chi connectivity index (χ3v) is 5.37. The van der Waals surface area contributed by atoms with Crippen LogP contribution in [0.4, 0.5) is 0 Å². The van der Waals surface area contributed by atoms with Crippen LogP contribution in [-0.2, 0) is 11.3 Å². The van der Waals surface area contributed by atoms with Crippen molar-refractivity contribution >= 4 is 28.6 Å². The van der Waals surface area contributed by atoms with E-state index in [4.69, 9.17) is 4.74 Å². The predicted octanol–water partition coefficient (Wildman–Crippen LogP) is 4.48. The zero-order valence-electron chi connectivity index (χ0n) is 12.7. The summed E-state index contributed by atoms with van der Waals surface area (Å²) in [6.45, 7) is 0.423. The Morgan fingerprint density at radius 2 is 1.70 bits per heavy atom. The van der Waals surface area contributed by atoms with Gasteiger partial charge in [-0.25, -0.2) is 0 Å². The van der Waals surface area contributed by atoms with Crippen molar-refractivity contribution in [2.24, 2.45) is 0 Å². The van der Waals surface area contributed by atoms with E-state index < -0.39 is 0 Å². The van der Waals surface area contributed by atoms with Gasteiger partial charge in [0.2, 0.25) is 0 Å². The third-order valence-electron chi connectivity index (χ3n) is 3.49. The van der Waals surface area contributed by atoms with Gasteiger partial charge in [-0.2, -0.15) is 0 Å². The Morgan fingerprint density at radius 1 is 1.04 bits per heavy atom. The highest BCUT2D eigenvalue weighted by Crippen LogP contribution is 2.29. The SMILES string of the molecule is COCc1ccccc1C(=O)NC(c1cccs1)c1cccs1. The minimum atomic E-state index is -0.113. The molecule has 3 aromatic rings. The maximum Gasteiger partial charge on any atom is 0.252 e. The zero-order chi connectivity index (χ0) is 16.1. The van der Waals surface area contributed by atoms with E-state index in [1.165, 1.54) is 0 Å². The van der Waals surface area contributed by atoms with E-state index in [1.807, 2.05) is 47.2 Å². The van der Waals surface area contributed by atoms with Gasteiger partial charge in [0.05, 0.1) is 12.6 Å². The van der Waals surface area contributed by atoms with Gasteiger partial charge in [-0.05, 0) is 34.5 Å². The number of carbonyl (C=O) groups excluding carboxylic acids is 1. The van der Waals surface area contributed by atoms with Gasteiger partial charge in [-0.1, -0.05) is 30.3 Å². The number of methoxy groups -OCH3 is 1. The van der Waals surface area contributed by atoms with Gasteiger partial charge < -0.3 is 10.1 Å². The molecule has 0 saturated heterocycles. The molecule has 1 aromatic carbocycles. The molecule has 1 N–H and O–H groups in total.